The molecule has 0 saturated carbocycles. The maximum Gasteiger partial charge on any atom is 0.305 e. The zero-order valence-electron chi connectivity index (χ0n) is 17.6. The van der Waals surface area contributed by atoms with E-state index in [1.54, 1.807) is 12.1 Å². The Morgan fingerprint density at radius 1 is 1.09 bits per heavy atom. The Balaban J connectivity index is 1.99. The van der Waals surface area contributed by atoms with Crippen molar-refractivity contribution < 1.29 is 27.9 Å². The van der Waals surface area contributed by atoms with E-state index in [4.69, 9.17) is 10.6 Å². The average Bonchev–Trinajstić information content (AvgIpc) is 2.76. The molecule has 2 aromatic carbocycles. The minimum Gasteiger partial charge on any atom is -0.481 e. The first-order valence-corrected chi connectivity index (χ1v) is 11.1. The summed E-state index contributed by atoms with van der Waals surface area (Å²) in [6, 6.07) is 10.9. The lowest BCUT2D eigenvalue weighted by atomic mass is 10.1. The number of nitrogens with zero attached hydrogens (tertiary/aromatic N) is 3. The third kappa shape index (κ3) is 8.26. The minimum absolute atomic E-state index is 0.0251. The van der Waals surface area contributed by atoms with Crippen LogP contribution in [0.3, 0.4) is 0 Å². The number of amides is 2. The molecule has 33 heavy (non-hydrogen) atoms. The third-order valence-electron chi connectivity index (χ3n) is 4.29. The van der Waals surface area contributed by atoms with Crippen molar-refractivity contribution >= 4 is 33.5 Å². The molecule has 174 valence electrons. The van der Waals surface area contributed by atoms with E-state index in [1.165, 1.54) is 43.3 Å². The van der Waals surface area contributed by atoms with Gasteiger partial charge in [0.2, 0.25) is 15.9 Å². The van der Waals surface area contributed by atoms with Gasteiger partial charge in [-0.2, -0.15) is 0 Å². The molecule has 0 bridgehead atoms. The second kappa shape index (κ2) is 11.6. The number of carboxylic acids is 1. The van der Waals surface area contributed by atoms with Crippen molar-refractivity contribution in [1.29, 1.82) is 0 Å². The van der Waals surface area contributed by atoms with E-state index >= 15 is 0 Å². The normalized spacial score (nSPS) is 11.7. The summed E-state index contributed by atoms with van der Waals surface area (Å²) < 4.78 is 27.4. The molecule has 0 heterocycles. The van der Waals surface area contributed by atoms with Gasteiger partial charge in [0.25, 0.3) is 5.91 Å². The van der Waals surface area contributed by atoms with E-state index in [2.05, 4.69) is 25.4 Å². The van der Waals surface area contributed by atoms with Crippen LogP contribution in [0.2, 0.25) is 0 Å². The van der Waals surface area contributed by atoms with Crippen LogP contribution in [-0.2, 0) is 26.2 Å². The summed E-state index contributed by atoms with van der Waals surface area (Å²) in [6.45, 7) is 1.11. The number of anilines is 1. The van der Waals surface area contributed by atoms with Gasteiger partial charge in [-0.25, -0.2) is 13.1 Å². The number of carbonyl (C=O) groups excluding carboxylic acids is 2. The van der Waals surface area contributed by atoms with E-state index in [0.717, 1.165) is 0 Å². The first kappa shape index (κ1) is 25.3. The molecule has 0 unspecified atom stereocenters. The summed E-state index contributed by atoms with van der Waals surface area (Å²) in [5.74, 6) is -1.98. The zero-order chi connectivity index (χ0) is 24.4. The number of azide groups is 1. The molecule has 0 aliphatic carbocycles. The Hall–Kier alpha value is -3.93. The highest BCUT2D eigenvalue weighted by molar-refractivity contribution is 7.89. The van der Waals surface area contributed by atoms with Crippen LogP contribution >= 0.6 is 0 Å². The SMILES string of the molecule is CC(=O)Nc1ccc(S(=O)(=O)NCc2ccc(C(=O)N[C@H](CN=[N+]=[N-])CC(=O)O)cc2)cc1. The predicted octanol–water partition coefficient (Wildman–Crippen LogP) is 2.01. The fraction of sp³-hybridized carbons (Fsp3) is 0.250. The van der Waals surface area contributed by atoms with Crippen molar-refractivity contribution in [2.75, 3.05) is 11.9 Å². The lowest BCUT2D eigenvalue weighted by Gasteiger charge is -2.14. The topological polar surface area (TPSA) is 190 Å². The summed E-state index contributed by atoms with van der Waals surface area (Å²) in [6.07, 6.45) is -0.406. The predicted molar refractivity (Wildman–Crippen MR) is 119 cm³/mol. The van der Waals surface area contributed by atoms with Gasteiger partial charge >= 0.3 is 5.97 Å². The number of carbonyl (C=O) groups is 3. The van der Waals surface area contributed by atoms with E-state index in [9.17, 15) is 22.8 Å². The number of hydrogen-bond donors (Lipinski definition) is 4. The zero-order valence-corrected chi connectivity index (χ0v) is 18.4. The van der Waals surface area contributed by atoms with Crippen molar-refractivity contribution in [3.8, 4) is 0 Å². The first-order chi connectivity index (χ1) is 15.6. The summed E-state index contributed by atoms with van der Waals surface area (Å²) in [7, 11) is -3.80. The van der Waals surface area contributed by atoms with Crippen molar-refractivity contribution in [1.82, 2.24) is 10.0 Å². The molecule has 0 aliphatic rings. The summed E-state index contributed by atoms with van der Waals surface area (Å²) in [5, 5.41) is 17.2. The largest absolute Gasteiger partial charge is 0.481 e. The molecule has 1 atom stereocenters. The van der Waals surface area contributed by atoms with Crippen LogP contribution in [0.4, 0.5) is 5.69 Å². The van der Waals surface area contributed by atoms with Gasteiger partial charge in [0.05, 0.1) is 11.3 Å². The first-order valence-electron chi connectivity index (χ1n) is 9.60. The highest BCUT2D eigenvalue weighted by Gasteiger charge is 2.17. The number of carboxylic acid groups (broad SMARTS) is 1. The van der Waals surface area contributed by atoms with Gasteiger partial charge in [0.1, 0.15) is 0 Å². The fourth-order valence-electron chi connectivity index (χ4n) is 2.73. The number of nitrogens with one attached hydrogen (secondary N) is 3. The Kier molecular flexibility index (Phi) is 8.92. The number of rotatable bonds is 11. The minimum atomic E-state index is -3.80. The van der Waals surface area contributed by atoms with E-state index < -0.39 is 34.4 Å². The molecule has 4 N–H and O–H groups in total. The van der Waals surface area contributed by atoms with Crippen LogP contribution in [0.25, 0.3) is 10.4 Å². The molecule has 2 aromatic rings. The molecule has 0 saturated heterocycles. The molecule has 2 rings (SSSR count). The van der Waals surface area contributed by atoms with E-state index in [-0.39, 0.29) is 29.5 Å². The fourth-order valence-corrected chi connectivity index (χ4v) is 3.75. The van der Waals surface area contributed by atoms with Crippen molar-refractivity contribution in [2.45, 2.75) is 30.8 Å². The molecule has 12 nitrogen and oxygen atoms in total. The second-order valence-corrected chi connectivity index (χ2v) is 8.68. The van der Waals surface area contributed by atoms with E-state index in [0.29, 0.717) is 11.3 Å². The maximum atomic E-state index is 12.5. The highest BCUT2D eigenvalue weighted by Crippen LogP contribution is 2.15. The number of sulfonamides is 1. The summed E-state index contributed by atoms with van der Waals surface area (Å²) in [4.78, 5) is 36.9. The van der Waals surface area contributed by atoms with Gasteiger partial charge in [0.15, 0.2) is 0 Å². The number of hydrogen-bond acceptors (Lipinski definition) is 6. The molecule has 0 spiro atoms. The molecule has 0 aromatic heterocycles. The Morgan fingerprint density at radius 2 is 1.73 bits per heavy atom. The lowest BCUT2D eigenvalue weighted by molar-refractivity contribution is -0.137. The summed E-state index contributed by atoms with van der Waals surface area (Å²) in [5.41, 5.74) is 9.67. The third-order valence-corrected chi connectivity index (χ3v) is 5.71. The van der Waals surface area contributed by atoms with Gasteiger partial charge in [0, 0.05) is 42.2 Å². The van der Waals surface area contributed by atoms with Crippen molar-refractivity contribution in [2.24, 2.45) is 5.11 Å². The molecule has 0 aliphatic heterocycles. The Morgan fingerprint density at radius 3 is 2.27 bits per heavy atom. The molecular formula is C20H22N6O6S. The molecular weight excluding hydrogens is 452 g/mol. The van der Waals surface area contributed by atoms with Crippen LogP contribution in [0.15, 0.2) is 58.5 Å². The molecule has 0 fully saturated rings. The van der Waals surface area contributed by atoms with Crippen LogP contribution in [-0.4, -0.2) is 43.9 Å². The molecule has 2 amide bonds. The van der Waals surface area contributed by atoms with Gasteiger partial charge in [-0.05, 0) is 47.5 Å². The quantitative estimate of drug-likeness (QED) is 0.219. The van der Waals surface area contributed by atoms with Gasteiger partial charge in [-0.1, -0.05) is 17.2 Å². The van der Waals surface area contributed by atoms with Gasteiger partial charge in [-0.3, -0.25) is 14.4 Å². The monoisotopic (exact) mass is 474 g/mol. The smallest absolute Gasteiger partial charge is 0.305 e. The average molecular weight is 474 g/mol. The van der Waals surface area contributed by atoms with Crippen LogP contribution in [0.5, 0.6) is 0 Å². The lowest BCUT2D eigenvalue weighted by Crippen LogP contribution is -2.38. The number of aliphatic carboxylic acids is 1. The van der Waals surface area contributed by atoms with Crippen LogP contribution in [0.1, 0.15) is 29.3 Å². The Labute approximate surface area is 189 Å². The van der Waals surface area contributed by atoms with Crippen molar-refractivity contribution in [3.63, 3.8) is 0 Å². The van der Waals surface area contributed by atoms with Gasteiger partial charge in [-0.15, -0.1) is 0 Å². The van der Waals surface area contributed by atoms with Crippen LogP contribution in [0, 0.1) is 0 Å². The van der Waals surface area contributed by atoms with E-state index in [1.807, 2.05) is 0 Å². The molecule has 0 radical (unpaired) electrons. The Bertz CT molecular complexity index is 1150. The summed E-state index contributed by atoms with van der Waals surface area (Å²) >= 11 is 0. The van der Waals surface area contributed by atoms with Gasteiger partial charge < -0.3 is 15.7 Å². The number of benzene rings is 2. The highest BCUT2D eigenvalue weighted by atomic mass is 32.2. The maximum absolute atomic E-state index is 12.5. The van der Waals surface area contributed by atoms with Crippen LogP contribution < -0.4 is 15.4 Å². The molecule has 13 heteroatoms. The standard InChI is InChI=1S/C20H22N6O6S/c1-13(27)24-16-6-8-18(9-7-16)33(31,32)23-11-14-2-4-15(5-3-14)20(30)25-17(10-19(28)29)12-22-26-21/h2-9,17,23H,10-12H2,1H3,(H,24,27)(H,25,30)(H,28,29)/t17-/m0/s1. The van der Waals surface area contributed by atoms with Crippen molar-refractivity contribution in [3.05, 3.63) is 70.1 Å². The second-order valence-electron chi connectivity index (χ2n) is 6.91.